The van der Waals surface area contributed by atoms with Gasteiger partial charge in [-0.3, -0.25) is 18.6 Å². The maximum absolute atomic E-state index is 12.1. The normalized spacial score (nSPS) is 14.5. The van der Waals surface area contributed by atoms with Crippen molar-refractivity contribution in [3.05, 3.63) is 134 Å². The third-order valence-electron chi connectivity index (χ3n) is 8.59. The van der Waals surface area contributed by atoms with Crippen molar-refractivity contribution in [2.24, 2.45) is 0 Å². The van der Waals surface area contributed by atoms with Crippen LogP contribution in [0.5, 0.6) is 0 Å². The first kappa shape index (κ1) is 57.1. The number of aliphatic hydroxyl groups excluding tert-OH is 1. The highest BCUT2D eigenvalue weighted by molar-refractivity contribution is 7.47. The van der Waals surface area contributed by atoms with Crippen LogP contribution in [0.1, 0.15) is 142 Å². The molecule has 3 N–H and O–H groups in total. The lowest BCUT2D eigenvalue weighted by atomic mass is 10.1. The highest BCUT2D eigenvalue weighted by Gasteiger charge is 2.23. The van der Waals surface area contributed by atoms with Crippen molar-refractivity contribution in [1.82, 2.24) is 5.32 Å². The van der Waals surface area contributed by atoms with E-state index in [1.54, 1.807) is 6.08 Å². The first-order valence-corrected chi connectivity index (χ1v) is 24.2. The second kappa shape index (κ2) is 45.7. The lowest BCUT2D eigenvalue weighted by molar-refractivity contribution is -0.147. The minimum absolute atomic E-state index is 0.0114. The van der Waals surface area contributed by atoms with Gasteiger partial charge in [0.1, 0.15) is 12.7 Å². The number of allylic oxidation sites excluding steroid dienone is 21. The van der Waals surface area contributed by atoms with Gasteiger partial charge in [-0.05, 0) is 96.3 Å². The van der Waals surface area contributed by atoms with Gasteiger partial charge in [-0.15, -0.1) is 0 Å². The van der Waals surface area contributed by atoms with Crippen molar-refractivity contribution < 1.29 is 37.9 Å². The number of phosphoric acid groups is 1. The van der Waals surface area contributed by atoms with Crippen LogP contribution in [0.3, 0.4) is 0 Å². The third kappa shape index (κ3) is 47.1. The van der Waals surface area contributed by atoms with Crippen LogP contribution >= 0.6 is 7.82 Å². The summed E-state index contributed by atoms with van der Waals surface area (Å²) in [5.41, 5.74) is 0. The number of phosphoric ester groups is 1. The predicted molar refractivity (Wildman–Crippen MR) is 256 cm³/mol. The minimum atomic E-state index is -4.46. The smallest absolute Gasteiger partial charge is 0.463 e. The van der Waals surface area contributed by atoms with Crippen LogP contribution < -0.4 is 5.32 Å². The Labute approximate surface area is 370 Å². The zero-order chi connectivity index (χ0) is 44.6. The van der Waals surface area contributed by atoms with Crippen LogP contribution in [0.2, 0.25) is 0 Å². The number of ether oxygens (including phenoxy) is 1. The van der Waals surface area contributed by atoms with E-state index in [-0.39, 0.29) is 38.5 Å². The molecular weight excluding hydrogens is 786 g/mol. The topological polar surface area (TPSA) is 131 Å². The van der Waals surface area contributed by atoms with Crippen molar-refractivity contribution in [3.8, 4) is 0 Å². The van der Waals surface area contributed by atoms with E-state index in [4.69, 9.17) is 13.8 Å². The summed E-state index contributed by atoms with van der Waals surface area (Å²) in [6.45, 7) is 3.21. The first-order valence-electron chi connectivity index (χ1n) is 22.7. The molecule has 0 aliphatic heterocycles. The van der Waals surface area contributed by atoms with Gasteiger partial charge in [0.2, 0.25) is 5.91 Å². The maximum Gasteiger partial charge on any atom is 0.472 e. The number of esters is 1. The molecule has 61 heavy (non-hydrogen) atoms. The Bertz CT molecular complexity index is 1450. The van der Waals surface area contributed by atoms with Crippen molar-refractivity contribution in [2.45, 2.75) is 148 Å². The summed E-state index contributed by atoms with van der Waals surface area (Å²) >= 11 is 0. The van der Waals surface area contributed by atoms with Crippen LogP contribution in [-0.2, 0) is 27.9 Å². The average molecular weight is 866 g/mol. The molecule has 1 amide bonds. The fourth-order valence-electron chi connectivity index (χ4n) is 5.20. The zero-order valence-corrected chi connectivity index (χ0v) is 38.4. The number of hydrogen-bond donors (Lipinski definition) is 3. The number of hydrogen-bond acceptors (Lipinski definition) is 7. The number of aliphatic hydroxyl groups is 1. The van der Waals surface area contributed by atoms with E-state index in [0.717, 1.165) is 77.0 Å². The number of carbonyl (C=O) groups excluding carboxylic acids is 2. The summed E-state index contributed by atoms with van der Waals surface area (Å²) < 4.78 is 26.8. The molecule has 0 aromatic rings. The molecular formula is C51H80NO8P. The second-order valence-electron chi connectivity index (χ2n) is 14.3. The molecule has 0 aliphatic rings. The molecule has 0 saturated heterocycles. The zero-order valence-electron chi connectivity index (χ0n) is 37.5. The van der Waals surface area contributed by atoms with Crippen LogP contribution in [0.15, 0.2) is 134 Å². The van der Waals surface area contributed by atoms with Gasteiger partial charge in [-0.1, -0.05) is 167 Å². The molecule has 0 saturated carbocycles. The Balaban J connectivity index is 3.81. The summed E-state index contributed by atoms with van der Waals surface area (Å²) in [7, 11) is -4.46. The molecule has 0 aliphatic carbocycles. The van der Waals surface area contributed by atoms with E-state index in [0.29, 0.717) is 12.8 Å². The third-order valence-corrected chi connectivity index (χ3v) is 9.58. The van der Waals surface area contributed by atoms with Crippen molar-refractivity contribution in [3.63, 3.8) is 0 Å². The average Bonchev–Trinajstić information content (AvgIpc) is 3.25. The molecule has 0 bridgehead atoms. The second-order valence-corrected chi connectivity index (χ2v) is 15.8. The molecule has 0 radical (unpaired) electrons. The molecule has 2 atom stereocenters. The summed E-state index contributed by atoms with van der Waals surface area (Å²) in [6.07, 6.45) is 64.1. The summed E-state index contributed by atoms with van der Waals surface area (Å²) in [4.78, 5) is 33.9. The van der Waals surface area contributed by atoms with E-state index >= 15 is 0 Å². The Morgan fingerprint density at radius 1 is 0.541 bits per heavy atom. The van der Waals surface area contributed by atoms with Gasteiger partial charge in [-0.25, -0.2) is 4.57 Å². The Hall–Kier alpha value is -3.85. The van der Waals surface area contributed by atoms with Gasteiger partial charge in [0.25, 0.3) is 0 Å². The van der Waals surface area contributed by atoms with E-state index in [2.05, 4.69) is 135 Å². The quantitative estimate of drug-likeness (QED) is 0.0240. The van der Waals surface area contributed by atoms with Crippen LogP contribution in [0.25, 0.3) is 0 Å². The van der Waals surface area contributed by atoms with Gasteiger partial charge in [-0.2, -0.15) is 0 Å². The molecule has 0 rings (SSSR count). The van der Waals surface area contributed by atoms with Crippen LogP contribution in [-0.4, -0.2) is 54.3 Å². The summed E-state index contributed by atoms with van der Waals surface area (Å²) in [6, 6.07) is 0. The number of nitrogens with one attached hydrogen (secondary N) is 1. The van der Waals surface area contributed by atoms with E-state index in [1.165, 1.54) is 25.7 Å². The fraction of sp³-hybridized carbons (Fsp3) is 0.529. The largest absolute Gasteiger partial charge is 0.472 e. The Morgan fingerprint density at radius 3 is 1.43 bits per heavy atom. The molecule has 0 fully saturated rings. The van der Waals surface area contributed by atoms with Gasteiger partial charge in [0.15, 0.2) is 0 Å². The van der Waals surface area contributed by atoms with E-state index in [9.17, 15) is 24.2 Å². The molecule has 0 aromatic carbocycles. The van der Waals surface area contributed by atoms with Gasteiger partial charge in [0.05, 0.1) is 13.2 Å². The van der Waals surface area contributed by atoms with Crippen molar-refractivity contribution >= 4 is 19.7 Å². The van der Waals surface area contributed by atoms with E-state index < -0.39 is 26.5 Å². The number of carbonyl (C=O) groups is 2. The number of unbranched alkanes of at least 4 members (excludes halogenated alkanes) is 6. The van der Waals surface area contributed by atoms with Crippen LogP contribution in [0, 0.1) is 0 Å². The summed E-state index contributed by atoms with van der Waals surface area (Å²) in [5.74, 6) is -0.695. The van der Waals surface area contributed by atoms with Crippen molar-refractivity contribution in [1.29, 1.82) is 0 Å². The lowest BCUT2D eigenvalue weighted by Gasteiger charge is -2.15. The molecule has 0 aromatic heterocycles. The van der Waals surface area contributed by atoms with Gasteiger partial charge < -0.3 is 20.1 Å². The predicted octanol–water partition coefficient (Wildman–Crippen LogP) is 13.1. The van der Waals surface area contributed by atoms with Gasteiger partial charge in [0, 0.05) is 19.4 Å². The standard InChI is InChI=1S/C51H80NO8P/c1-3-5-7-9-11-13-15-17-19-21-23-24-26-27-29-31-33-35-37-39-41-43-50(54)52-45-46-59-61(56,57)60-48-49(53)47-58-51(55)44-42-40-38-36-34-32-30-28-25-22-20-18-16-14-12-10-8-6-4-2/h5,7,11-14,17-20,23-25,27-29,32-35,39,41,49,53H,3-4,6,8-10,15-16,21-22,26,30-31,36-38,40,42-48H2,1-2H3,(H,52,54)(H,56,57)/b7-5-,13-11-,14-12-,19-17-,20-18-,24-23-,28-25-,29-27-,34-32-,35-33-,41-39-. The first-order chi connectivity index (χ1) is 29.8. The Kier molecular flexibility index (Phi) is 42.8. The molecule has 0 spiro atoms. The van der Waals surface area contributed by atoms with E-state index in [1.807, 2.05) is 12.2 Å². The maximum atomic E-state index is 12.1. The van der Waals surface area contributed by atoms with Crippen LogP contribution in [0.4, 0.5) is 0 Å². The van der Waals surface area contributed by atoms with Gasteiger partial charge >= 0.3 is 13.8 Å². The molecule has 9 nitrogen and oxygen atoms in total. The summed E-state index contributed by atoms with van der Waals surface area (Å²) in [5, 5.41) is 12.6. The highest BCUT2D eigenvalue weighted by Crippen LogP contribution is 2.42. The minimum Gasteiger partial charge on any atom is -0.463 e. The highest BCUT2D eigenvalue weighted by atomic mass is 31.2. The SMILES string of the molecule is CC/C=C\C/C=C\C/C=C\C/C=C\C/C=C\C/C=C\C/C=C\CC(=O)NCCOP(=O)(O)OCC(O)COC(=O)CCCCC/C=C\C/C=C\C/C=C\C/C=C\CCCCC. The van der Waals surface area contributed by atoms with Crippen molar-refractivity contribution in [2.75, 3.05) is 26.4 Å². The molecule has 10 heteroatoms. The molecule has 0 heterocycles. The Morgan fingerprint density at radius 2 is 0.967 bits per heavy atom. The molecule has 342 valence electrons. The monoisotopic (exact) mass is 866 g/mol. The molecule has 2 unspecified atom stereocenters. The number of amides is 1. The fourth-order valence-corrected chi connectivity index (χ4v) is 5.96. The lowest BCUT2D eigenvalue weighted by Crippen LogP contribution is -2.26. The number of rotatable bonds is 40.